The third-order valence-corrected chi connectivity index (χ3v) is 7.31. The van der Waals surface area contributed by atoms with Gasteiger partial charge in [0.25, 0.3) is 5.91 Å². The van der Waals surface area contributed by atoms with Crippen LogP contribution < -0.4 is 20.7 Å². The lowest BCUT2D eigenvalue weighted by Crippen LogP contribution is -2.50. The number of carbonyl (C=O) groups is 3. The monoisotopic (exact) mass is 631 g/mol. The molecule has 0 saturated heterocycles. The molecule has 240 valence electrons. The predicted molar refractivity (Wildman–Crippen MR) is 160 cm³/mol. The van der Waals surface area contributed by atoms with Crippen molar-refractivity contribution in [3.63, 3.8) is 0 Å². The Morgan fingerprint density at radius 3 is 2.27 bits per heavy atom. The highest BCUT2D eigenvalue weighted by atomic mass is 19.4. The maximum absolute atomic E-state index is 13.6. The quantitative estimate of drug-likeness (QED) is 0.243. The fourth-order valence-electron chi connectivity index (χ4n) is 4.69. The van der Waals surface area contributed by atoms with E-state index in [1.165, 1.54) is 53.2 Å². The van der Waals surface area contributed by atoms with Gasteiger partial charge in [0.15, 0.2) is 5.75 Å². The zero-order chi connectivity index (χ0) is 32.9. The molecule has 3 aromatic rings. The van der Waals surface area contributed by atoms with Gasteiger partial charge in [-0.3, -0.25) is 4.79 Å². The number of fused-ring (bicyclic) bond motifs is 1. The molecular formula is C31H33F4N5O5. The van der Waals surface area contributed by atoms with Gasteiger partial charge in [0.1, 0.15) is 11.9 Å². The van der Waals surface area contributed by atoms with Gasteiger partial charge in [-0.2, -0.15) is 13.2 Å². The normalized spacial score (nSPS) is 17.2. The molecule has 0 aromatic heterocycles. The molecule has 3 aromatic carbocycles. The maximum atomic E-state index is 13.6. The zero-order valence-corrected chi connectivity index (χ0v) is 24.7. The molecule has 0 saturated carbocycles. The number of ether oxygens (including phenoxy) is 1. The molecule has 5 amide bonds. The number of halogens is 4. The molecule has 0 unspecified atom stereocenters. The summed E-state index contributed by atoms with van der Waals surface area (Å²) in [6, 6.07) is 11.9. The molecule has 1 aliphatic rings. The van der Waals surface area contributed by atoms with Crippen molar-refractivity contribution in [1.82, 2.24) is 9.80 Å². The van der Waals surface area contributed by atoms with Crippen molar-refractivity contribution in [3.05, 3.63) is 83.7 Å². The molecule has 4 N–H and O–H groups in total. The van der Waals surface area contributed by atoms with Crippen molar-refractivity contribution < 1.29 is 41.8 Å². The molecule has 10 nitrogen and oxygen atoms in total. The highest BCUT2D eigenvalue weighted by Crippen LogP contribution is 2.35. The van der Waals surface area contributed by atoms with Gasteiger partial charge in [0.2, 0.25) is 0 Å². The average Bonchev–Trinajstić information content (AvgIpc) is 2.99. The van der Waals surface area contributed by atoms with E-state index < -0.39 is 53.6 Å². The Labute approximate surface area is 257 Å². The van der Waals surface area contributed by atoms with E-state index >= 15 is 0 Å². The van der Waals surface area contributed by atoms with Gasteiger partial charge >= 0.3 is 18.2 Å². The van der Waals surface area contributed by atoms with E-state index in [1.54, 1.807) is 19.9 Å². The molecule has 0 aliphatic carbocycles. The van der Waals surface area contributed by atoms with Crippen LogP contribution in [0.3, 0.4) is 0 Å². The van der Waals surface area contributed by atoms with Gasteiger partial charge in [-0.15, -0.1) is 0 Å². The summed E-state index contributed by atoms with van der Waals surface area (Å²) in [6.45, 7) is 3.33. The number of benzene rings is 3. The number of likely N-dealkylation sites (N-methyl/N-ethyl adjacent to an activating group) is 1. The lowest BCUT2D eigenvalue weighted by Gasteiger charge is -2.38. The summed E-state index contributed by atoms with van der Waals surface area (Å²) in [5.74, 6) is -1.26. The number of nitrogens with one attached hydrogen (secondary N) is 3. The Balaban J connectivity index is 1.58. The van der Waals surface area contributed by atoms with E-state index in [0.717, 1.165) is 24.3 Å². The maximum Gasteiger partial charge on any atom is 0.416 e. The third kappa shape index (κ3) is 8.20. The number of hydrogen-bond donors (Lipinski definition) is 4. The molecule has 14 heteroatoms. The molecule has 3 atom stereocenters. The van der Waals surface area contributed by atoms with E-state index in [-0.39, 0.29) is 42.4 Å². The molecule has 1 aliphatic heterocycles. The second-order valence-electron chi connectivity index (χ2n) is 10.8. The molecule has 45 heavy (non-hydrogen) atoms. The number of anilines is 3. The summed E-state index contributed by atoms with van der Waals surface area (Å²) in [5.41, 5.74) is -0.114. The van der Waals surface area contributed by atoms with Crippen molar-refractivity contribution in [2.45, 2.75) is 32.2 Å². The number of urea groups is 2. The number of nitrogens with zero attached hydrogens (tertiary/aromatic N) is 2. The number of rotatable bonds is 7. The minimum absolute atomic E-state index is 0.0152. The fourth-order valence-corrected chi connectivity index (χ4v) is 4.69. The second kappa shape index (κ2) is 13.8. The Hall–Kier alpha value is -4.85. The van der Waals surface area contributed by atoms with Gasteiger partial charge in [-0.1, -0.05) is 13.0 Å². The number of alkyl halides is 3. The molecule has 0 bridgehead atoms. The number of hydrogen-bond acceptors (Lipinski definition) is 5. The van der Waals surface area contributed by atoms with Crippen molar-refractivity contribution in [1.29, 1.82) is 0 Å². The molecule has 0 fully saturated rings. The van der Waals surface area contributed by atoms with Crippen LogP contribution in [0.15, 0.2) is 66.7 Å². The van der Waals surface area contributed by atoms with Crippen LogP contribution in [0.2, 0.25) is 0 Å². The van der Waals surface area contributed by atoms with Crippen LogP contribution in [0.4, 0.5) is 44.2 Å². The Kier molecular flexibility index (Phi) is 10.2. The van der Waals surface area contributed by atoms with Gasteiger partial charge in [-0.05, 0) is 67.6 Å². The third-order valence-electron chi connectivity index (χ3n) is 7.31. The Morgan fingerprint density at radius 2 is 1.64 bits per heavy atom. The van der Waals surface area contributed by atoms with Crippen LogP contribution in [0, 0.1) is 11.7 Å². The van der Waals surface area contributed by atoms with Gasteiger partial charge in [0, 0.05) is 30.9 Å². The molecule has 0 spiro atoms. The number of amides is 5. The largest absolute Gasteiger partial charge is 0.485 e. The minimum atomic E-state index is -4.51. The number of carbonyl (C=O) groups excluding carboxylic acids is 3. The Morgan fingerprint density at radius 1 is 1.02 bits per heavy atom. The zero-order valence-electron chi connectivity index (χ0n) is 24.7. The second-order valence-corrected chi connectivity index (χ2v) is 10.8. The van der Waals surface area contributed by atoms with Crippen LogP contribution in [0.5, 0.6) is 5.75 Å². The van der Waals surface area contributed by atoms with E-state index in [9.17, 15) is 37.1 Å². The van der Waals surface area contributed by atoms with E-state index in [4.69, 9.17) is 4.74 Å². The number of para-hydroxylation sites is 1. The first-order chi connectivity index (χ1) is 21.3. The van der Waals surface area contributed by atoms with Crippen molar-refractivity contribution in [3.8, 4) is 5.75 Å². The van der Waals surface area contributed by atoms with Crippen LogP contribution >= 0.6 is 0 Å². The molecule has 4 rings (SSSR count). The van der Waals surface area contributed by atoms with Crippen molar-refractivity contribution in [2.75, 3.05) is 42.7 Å². The fraction of sp³-hybridized carbons (Fsp3) is 0.323. The summed E-state index contributed by atoms with van der Waals surface area (Å²) in [7, 11) is 1.48. The SMILES string of the molecule is C[C@H]1CN([C@@H](C)CO)C(=O)c2cccc(NC(=O)Nc3ccc(F)cc3)c2O[C@@H]1CN(C)C(=O)Nc1ccc(C(F)(F)F)cc1. The van der Waals surface area contributed by atoms with Gasteiger partial charge in [-0.25, -0.2) is 14.0 Å². The lowest BCUT2D eigenvalue weighted by atomic mass is 9.99. The van der Waals surface area contributed by atoms with E-state index in [1.807, 2.05) is 0 Å². The van der Waals surface area contributed by atoms with Crippen LogP contribution in [-0.4, -0.2) is 71.8 Å². The number of aliphatic hydroxyl groups is 1. The first kappa shape index (κ1) is 33.1. The summed E-state index contributed by atoms with van der Waals surface area (Å²) < 4.78 is 58.4. The average molecular weight is 632 g/mol. The van der Waals surface area contributed by atoms with Crippen molar-refractivity contribution in [2.24, 2.45) is 5.92 Å². The van der Waals surface area contributed by atoms with E-state index in [2.05, 4.69) is 16.0 Å². The first-order valence-corrected chi connectivity index (χ1v) is 14.0. The number of aliphatic hydroxyl groups excluding tert-OH is 1. The molecule has 1 heterocycles. The molecule has 0 radical (unpaired) electrons. The summed E-state index contributed by atoms with van der Waals surface area (Å²) >= 11 is 0. The minimum Gasteiger partial charge on any atom is -0.485 e. The lowest BCUT2D eigenvalue weighted by molar-refractivity contribution is -0.137. The van der Waals surface area contributed by atoms with Gasteiger partial charge in [0.05, 0.1) is 36.0 Å². The summed E-state index contributed by atoms with van der Waals surface area (Å²) in [4.78, 5) is 42.3. The smallest absolute Gasteiger partial charge is 0.416 e. The topological polar surface area (TPSA) is 123 Å². The Bertz CT molecular complexity index is 1520. The highest BCUT2D eigenvalue weighted by molar-refractivity contribution is 6.04. The van der Waals surface area contributed by atoms with Crippen LogP contribution in [0.25, 0.3) is 0 Å². The predicted octanol–water partition coefficient (Wildman–Crippen LogP) is 5.87. The van der Waals surface area contributed by atoms with Crippen molar-refractivity contribution >= 4 is 35.0 Å². The first-order valence-electron chi connectivity index (χ1n) is 14.0. The van der Waals surface area contributed by atoms with Crippen LogP contribution in [0.1, 0.15) is 29.8 Å². The molecular weight excluding hydrogens is 598 g/mol. The van der Waals surface area contributed by atoms with Gasteiger partial charge < -0.3 is 35.6 Å². The summed E-state index contributed by atoms with van der Waals surface area (Å²) in [6.07, 6.45) is -5.25. The van der Waals surface area contributed by atoms with E-state index in [0.29, 0.717) is 5.69 Å². The highest BCUT2D eigenvalue weighted by Gasteiger charge is 2.35. The summed E-state index contributed by atoms with van der Waals surface area (Å²) in [5, 5.41) is 17.7. The van der Waals surface area contributed by atoms with Crippen LogP contribution in [-0.2, 0) is 6.18 Å². The standard InChI is InChI=1S/C31H33F4N5O5/c1-18-15-40(19(2)17-41)28(42)24-5-4-6-25(38-29(43)36-22-13-9-21(32)10-14-22)27(24)45-26(18)16-39(3)30(44)37-23-11-7-20(8-12-23)31(33,34)35/h4-14,18-19,26,41H,15-17H2,1-3H3,(H,37,44)(H2,36,38,43)/t18-,19-,26+/m0/s1.